The van der Waals surface area contributed by atoms with Crippen molar-refractivity contribution < 1.29 is 0 Å². The van der Waals surface area contributed by atoms with E-state index in [1.54, 1.807) is 18.3 Å². The molecule has 0 unspecified atom stereocenters. The van der Waals surface area contributed by atoms with E-state index in [4.69, 9.17) is 10.5 Å². The molecular weight excluding hydrogens is 140 g/mol. The van der Waals surface area contributed by atoms with Crippen molar-refractivity contribution in [2.24, 2.45) is 5.10 Å². The molecule has 0 bridgehead atoms. The summed E-state index contributed by atoms with van der Waals surface area (Å²) >= 11 is 0. The van der Waals surface area contributed by atoms with E-state index in [-0.39, 0.29) is 11.3 Å². The molecule has 0 radical (unpaired) electrons. The van der Waals surface area contributed by atoms with E-state index in [2.05, 4.69) is 10.5 Å². The summed E-state index contributed by atoms with van der Waals surface area (Å²) in [6, 6.07) is 3.66. The molecule has 1 aliphatic heterocycles. The van der Waals surface area contributed by atoms with Crippen LogP contribution in [0, 0.1) is 22.7 Å². The Hall–Kier alpha value is -2.07. The zero-order chi connectivity index (χ0) is 8.10. The average molecular weight is 144 g/mol. The lowest BCUT2D eigenvalue weighted by Crippen LogP contribution is -2.02. The van der Waals surface area contributed by atoms with Crippen LogP contribution in [0.3, 0.4) is 0 Å². The summed E-state index contributed by atoms with van der Waals surface area (Å²) in [5.41, 5.74) is 2.88. The second-order valence-electron chi connectivity index (χ2n) is 1.75. The summed E-state index contributed by atoms with van der Waals surface area (Å²) in [5, 5.41) is 20.6. The minimum atomic E-state index is 0.109. The molecular formula is C7H4N4. The van der Waals surface area contributed by atoms with Crippen molar-refractivity contribution >= 4 is 5.71 Å². The van der Waals surface area contributed by atoms with E-state index in [9.17, 15) is 0 Å². The third-order valence-corrected chi connectivity index (χ3v) is 1.09. The normalized spacial score (nSPS) is 14.7. The van der Waals surface area contributed by atoms with E-state index in [1.165, 1.54) is 6.08 Å². The highest BCUT2D eigenvalue weighted by Crippen LogP contribution is 1.98. The number of allylic oxidation sites excluding steroid dienone is 3. The van der Waals surface area contributed by atoms with Gasteiger partial charge < -0.3 is 0 Å². The summed E-state index contributed by atoms with van der Waals surface area (Å²) in [4.78, 5) is 0. The molecule has 1 rings (SSSR count). The van der Waals surface area contributed by atoms with Crippen LogP contribution in [0.25, 0.3) is 0 Å². The first-order valence-corrected chi connectivity index (χ1v) is 2.89. The van der Waals surface area contributed by atoms with Crippen molar-refractivity contribution in [3.63, 3.8) is 0 Å². The van der Waals surface area contributed by atoms with Crippen molar-refractivity contribution in [1.82, 2.24) is 5.43 Å². The van der Waals surface area contributed by atoms with Gasteiger partial charge in [0.2, 0.25) is 0 Å². The number of hydrogen-bond acceptors (Lipinski definition) is 4. The van der Waals surface area contributed by atoms with Gasteiger partial charge in [-0.15, -0.1) is 0 Å². The van der Waals surface area contributed by atoms with E-state index >= 15 is 0 Å². The van der Waals surface area contributed by atoms with E-state index in [1.807, 2.05) is 6.07 Å². The first-order valence-electron chi connectivity index (χ1n) is 2.89. The summed E-state index contributed by atoms with van der Waals surface area (Å²) in [6.07, 6.45) is 4.69. The van der Waals surface area contributed by atoms with Crippen LogP contribution in [0.4, 0.5) is 0 Å². The fraction of sp³-hybridized carbons (Fsp3) is 0. The Labute approximate surface area is 63.7 Å². The molecule has 1 aliphatic rings. The van der Waals surface area contributed by atoms with Crippen molar-refractivity contribution in [3.8, 4) is 12.1 Å². The van der Waals surface area contributed by atoms with Gasteiger partial charge in [0.15, 0.2) is 5.71 Å². The fourth-order valence-corrected chi connectivity index (χ4v) is 0.604. The maximum atomic E-state index is 8.51. The SMILES string of the molecule is N#CC1=CC=CNN=C1C#N. The quantitative estimate of drug-likeness (QED) is 0.536. The second-order valence-corrected chi connectivity index (χ2v) is 1.75. The van der Waals surface area contributed by atoms with Crippen LogP contribution in [-0.4, -0.2) is 5.71 Å². The Morgan fingerprint density at radius 3 is 2.82 bits per heavy atom. The topological polar surface area (TPSA) is 72.0 Å². The van der Waals surface area contributed by atoms with Crippen LogP contribution in [0.1, 0.15) is 0 Å². The molecule has 0 aliphatic carbocycles. The molecule has 0 aromatic heterocycles. The van der Waals surface area contributed by atoms with Gasteiger partial charge in [0, 0.05) is 6.20 Å². The van der Waals surface area contributed by atoms with E-state index in [0.29, 0.717) is 0 Å². The smallest absolute Gasteiger partial charge is 0.178 e. The summed E-state index contributed by atoms with van der Waals surface area (Å²) in [7, 11) is 0. The largest absolute Gasteiger partial charge is 0.284 e. The van der Waals surface area contributed by atoms with Gasteiger partial charge >= 0.3 is 0 Å². The molecule has 0 saturated carbocycles. The molecule has 0 atom stereocenters. The highest BCUT2D eigenvalue weighted by Gasteiger charge is 2.04. The van der Waals surface area contributed by atoms with Crippen LogP contribution in [-0.2, 0) is 0 Å². The van der Waals surface area contributed by atoms with Crippen LogP contribution in [0.15, 0.2) is 29.0 Å². The van der Waals surface area contributed by atoms with Crippen LogP contribution < -0.4 is 5.43 Å². The summed E-state index contributed by atoms with van der Waals surface area (Å²) in [6.45, 7) is 0. The van der Waals surface area contributed by atoms with Crippen LogP contribution >= 0.6 is 0 Å². The van der Waals surface area contributed by atoms with Crippen molar-refractivity contribution in [2.75, 3.05) is 0 Å². The number of nitrogens with one attached hydrogen (secondary N) is 1. The highest BCUT2D eigenvalue weighted by molar-refractivity contribution is 6.14. The van der Waals surface area contributed by atoms with Crippen molar-refractivity contribution in [3.05, 3.63) is 23.9 Å². The van der Waals surface area contributed by atoms with Gasteiger partial charge in [-0.05, 0) is 12.2 Å². The number of hydrazone groups is 1. The number of nitrogens with zero attached hydrogens (tertiary/aromatic N) is 3. The molecule has 4 nitrogen and oxygen atoms in total. The fourth-order valence-electron chi connectivity index (χ4n) is 0.604. The monoisotopic (exact) mass is 144 g/mol. The summed E-state index contributed by atoms with van der Waals surface area (Å²) in [5.74, 6) is 0. The molecule has 0 amide bonds. The Balaban J connectivity index is 3.06. The highest BCUT2D eigenvalue weighted by atomic mass is 15.3. The molecule has 0 aromatic carbocycles. The molecule has 0 fully saturated rings. The van der Waals surface area contributed by atoms with Gasteiger partial charge in [0.05, 0.1) is 5.57 Å². The van der Waals surface area contributed by atoms with Gasteiger partial charge in [0.25, 0.3) is 0 Å². The zero-order valence-electron chi connectivity index (χ0n) is 5.57. The first-order chi connectivity index (χ1) is 5.38. The third kappa shape index (κ3) is 1.44. The molecule has 52 valence electrons. The minimum absolute atomic E-state index is 0.109. The van der Waals surface area contributed by atoms with Gasteiger partial charge in [-0.2, -0.15) is 15.6 Å². The molecule has 1 N–H and O–H groups in total. The van der Waals surface area contributed by atoms with Gasteiger partial charge in [-0.25, -0.2) is 0 Å². The molecule has 0 spiro atoms. The van der Waals surface area contributed by atoms with E-state index in [0.717, 1.165) is 0 Å². The molecule has 4 heteroatoms. The zero-order valence-corrected chi connectivity index (χ0v) is 5.57. The van der Waals surface area contributed by atoms with E-state index < -0.39 is 0 Å². The molecule has 0 saturated heterocycles. The van der Waals surface area contributed by atoms with Gasteiger partial charge in [-0.1, -0.05) is 0 Å². The predicted octanol–water partition coefficient (Wildman–Crippen LogP) is 0.433. The lowest BCUT2D eigenvalue weighted by atomic mass is 10.2. The van der Waals surface area contributed by atoms with Gasteiger partial charge in [0.1, 0.15) is 12.1 Å². The first kappa shape index (κ1) is 7.04. The number of hydrogen-bond donors (Lipinski definition) is 1. The van der Waals surface area contributed by atoms with Crippen molar-refractivity contribution in [2.45, 2.75) is 0 Å². The predicted molar refractivity (Wildman–Crippen MR) is 39.0 cm³/mol. The maximum absolute atomic E-state index is 8.51. The number of rotatable bonds is 0. The van der Waals surface area contributed by atoms with Crippen molar-refractivity contribution in [1.29, 1.82) is 10.5 Å². The second kappa shape index (κ2) is 3.19. The van der Waals surface area contributed by atoms with Crippen LogP contribution in [0.2, 0.25) is 0 Å². The Morgan fingerprint density at radius 2 is 2.18 bits per heavy atom. The molecule has 0 aromatic rings. The molecule has 11 heavy (non-hydrogen) atoms. The average Bonchev–Trinajstić information content (AvgIpc) is 2.27. The minimum Gasteiger partial charge on any atom is -0.284 e. The van der Waals surface area contributed by atoms with Crippen LogP contribution in [0.5, 0.6) is 0 Å². The lowest BCUT2D eigenvalue weighted by molar-refractivity contribution is 0.974. The Bertz CT molecular complexity index is 321. The third-order valence-electron chi connectivity index (χ3n) is 1.09. The Kier molecular flexibility index (Phi) is 2.04. The maximum Gasteiger partial charge on any atom is 0.178 e. The Morgan fingerprint density at radius 1 is 1.36 bits per heavy atom. The van der Waals surface area contributed by atoms with Gasteiger partial charge in [-0.3, -0.25) is 5.43 Å². The lowest BCUT2D eigenvalue weighted by Gasteiger charge is -1.88. The number of nitriles is 2. The standard InChI is InChI=1S/C7H4N4/c8-4-6-2-1-3-10-11-7(6)5-9/h1-3,10H. The summed E-state index contributed by atoms with van der Waals surface area (Å²) < 4.78 is 0. The molecule has 1 heterocycles.